The van der Waals surface area contributed by atoms with Gasteiger partial charge in [-0.2, -0.15) is 0 Å². The number of rotatable bonds is 28. The molecule has 0 aliphatic carbocycles. The molecule has 0 saturated heterocycles. The Labute approximate surface area is 310 Å². The van der Waals surface area contributed by atoms with Crippen LogP contribution in [0.15, 0.2) is 0 Å². The molecule has 300 valence electrons. The topological polar surface area (TPSA) is 208 Å². The van der Waals surface area contributed by atoms with E-state index in [0.29, 0.717) is 39.3 Å². The highest BCUT2D eigenvalue weighted by molar-refractivity contribution is 5.80. The quantitative estimate of drug-likeness (QED) is 0.0455. The third kappa shape index (κ3) is 20.0. The summed E-state index contributed by atoms with van der Waals surface area (Å²) in [4.78, 5) is 51.7. The van der Waals surface area contributed by atoms with Gasteiger partial charge in [-0.25, -0.2) is 0 Å². The zero-order valence-corrected chi connectivity index (χ0v) is 34.7. The number of ketones is 1. The Hall–Kier alpha value is -2.15. The Morgan fingerprint density at radius 3 is 1.35 bits per heavy atom. The molecular formula is C39H79N7O5. The third-order valence-corrected chi connectivity index (χ3v) is 10.6. The Morgan fingerprint density at radius 1 is 0.588 bits per heavy atom. The van der Waals surface area contributed by atoms with E-state index >= 15 is 0 Å². The van der Waals surface area contributed by atoms with E-state index in [0.717, 1.165) is 25.7 Å². The molecule has 12 nitrogen and oxygen atoms in total. The minimum atomic E-state index is -1.61. The van der Waals surface area contributed by atoms with Crippen molar-refractivity contribution < 1.29 is 19.3 Å². The highest BCUT2D eigenvalue weighted by atomic mass is 16.6. The van der Waals surface area contributed by atoms with Crippen LogP contribution in [0.5, 0.6) is 0 Å². The van der Waals surface area contributed by atoms with E-state index in [-0.39, 0.29) is 100 Å². The maximum atomic E-state index is 13.1. The number of hydrogen-bond donors (Lipinski definition) is 6. The smallest absolute Gasteiger partial charge is 0.223 e. The summed E-state index contributed by atoms with van der Waals surface area (Å²) >= 11 is 0. The molecule has 0 radical (unpaired) electrons. The Balaban J connectivity index is 5.73. The van der Waals surface area contributed by atoms with Gasteiger partial charge in [-0.15, -0.1) is 0 Å². The standard InChI is InChI=1S/C39H79N7O5/c1-13-38(12,26-42)23-37(10,11)29-45-32(49)16-19-39(46(50)51,18-15-31(48)44-28-36(8,9)22-34(4,5)25-41)17-14-30(47)20-43-27-35(6,7)21-33(2,3)24-40/h43H,13-29,40-42H2,1-12H3,(H,44,48)(H,45,49). The van der Waals surface area contributed by atoms with Gasteiger partial charge in [0.05, 0.1) is 6.54 Å². The molecule has 0 heterocycles. The monoisotopic (exact) mass is 726 g/mol. The number of amides is 2. The van der Waals surface area contributed by atoms with Crippen molar-refractivity contribution in [1.82, 2.24) is 16.0 Å². The van der Waals surface area contributed by atoms with Gasteiger partial charge >= 0.3 is 0 Å². The number of nitrogens with one attached hydrogen (secondary N) is 3. The summed E-state index contributed by atoms with van der Waals surface area (Å²) in [5, 5.41) is 22.0. The summed E-state index contributed by atoms with van der Waals surface area (Å²) < 4.78 is 0. The molecular weight excluding hydrogens is 646 g/mol. The van der Waals surface area contributed by atoms with Crippen molar-refractivity contribution in [2.45, 2.75) is 153 Å². The van der Waals surface area contributed by atoms with E-state index in [1.807, 2.05) is 0 Å². The van der Waals surface area contributed by atoms with Crippen LogP contribution in [0, 0.1) is 42.6 Å². The van der Waals surface area contributed by atoms with Crippen molar-refractivity contribution in [3.05, 3.63) is 10.1 Å². The normalized spacial score (nSPS) is 15.5. The van der Waals surface area contributed by atoms with Crippen molar-refractivity contribution >= 4 is 17.6 Å². The molecule has 0 aliphatic heterocycles. The van der Waals surface area contributed by atoms with Crippen molar-refractivity contribution in [3.63, 3.8) is 0 Å². The number of nitrogens with two attached hydrogens (primary N) is 3. The van der Waals surface area contributed by atoms with Crippen molar-refractivity contribution in [1.29, 1.82) is 0 Å². The number of Topliss-reactive ketones (excluding diaryl/α,β-unsaturated/α-hetero) is 1. The van der Waals surface area contributed by atoms with Crippen LogP contribution in [-0.4, -0.2) is 73.9 Å². The fourth-order valence-corrected chi connectivity index (χ4v) is 7.61. The molecule has 0 rings (SSSR count). The predicted octanol–water partition coefficient (Wildman–Crippen LogP) is 5.33. The van der Waals surface area contributed by atoms with Crippen LogP contribution in [0.25, 0.3) is 0 Å². The highest BCUT2D eigenvalue weighted by Crippen LogP contribution is 2.36. The Bertz CT molecular complexity index is 1120. The maximum Gasteiger partial charge on any atom is 0.223 e. The summed E-state index contributed by atoms with van der Waals surface area (Å²) in [6, 6.07) is 0. The lowest BCUT2D eigenvalue weighted by molar-refractivity contribution is -0.573. The molecule has 2 atom stereocenters. The minimum Gasteiger partial charge on any atom is -0.356 e. The van der Waals surface area contributed by atoms with Crippen LogP contribution >= 0.6 is 0 Å². The molecule has 9 N–H and O–H groups in total. The summed E-state index contributed by atoms with van der Waals surface area (Å²) in [6.07, 6.45) is 2.99. The fraction of sp³-hybridized carbons (Fsp3) is 0.923. The zero-order valence-electron chi connectivity index (χ0n) is 34.7. The van der Waals surface area contributed by atoms with E-state index in [1.165, 1.54) is 0 Å². The van der Waals surface area contributed by atoms with Gasteiger partial charge in [0, 0.05) is 63.1 Å². The Kier molecular flexibility index (Phi) is 19.5. The van der Waals surface area contributed by atoms with Crippen LogP contribution in [-0.2, 0) is 14.4 Å². The first-order chi connectivity index (χ1) is 23.1. The molecule has 0 aromatic rings. The Morgan fingerprint density at radius 2 is 0.980 bits per heavy atom. The first-order valence-electron chi connectivity index (χ1n) is 19.1. The van der Waals surface area contributed by atoms with E-state index in [1.54, 1.807) is 0 Å². The van der Waals surface area contributed by atoms with Gasteiger partial charge in [0.1, 0.15) is 5.78 Å². The average molecular weight is 726 g/mol. The molecule has 12 heteroatoms. The number of nitro groups is 1. The summed E-state index contributed by atoms with van der Waals surface area (Å²) in [6.45, 7) is 28.3. The van der Waals surface area contributed by atoms with Gasteiger partial charge in [0.2, 0.25) is 17.4 Å². The number of carbonyl (C=O) groups is 3. The second-order valence-corrected chi connectivity index (χ2v) is 19.8. The third-order valence-electron chi connectivity index (χ3n) is 10.6. The van der Waals surface area contributed by atoms with Crippen LogP contribution in [0.4, 0.5) is 0 Å². The van der Waals surface area contributed by atoms with Crippen LogP contribution in [0.1, 0.15) is 147 Å². The van der Waals surface area contributed by atoms with Crippen LogP contribution in [0.2, 0.25) is 0 Å². The predicted molar refractivity (Wildman–Crippen MR) is 210 cm³/mol. The van der Waals surface area contributed by atoms with Gasteiger partial charge in [0.25, 0.3) is 0 Å². The molecule has 51 heavy (non-hydrogen) atoms. The van der Waals surface area contributed by atoms with Crippen LogP contribution < -0.4 is 33.2 Å². The van der Waals surface area contributed by atoms with Gasteiger partial charge in [-0.05, 0) is 77.8 Å². The SMILES string of the molecule is CCC(C)(CN)CC(C)(C)CNC(=O)CCC(CCC(=O)CNCC(C)(C)CC(C)(C)CN)(CCC(=O)NCC(C)(C)CC(C)(C)CN)[N+](=O)[O-]. The summed E-state index contributed by atoms with van der Waals surface area (Å²) in [5.74, 6) is -0.723. The van der Waals surface area contributed by atoms with Crippen LogP contribution in [0.3, 0.4) is 0 Å². The van der Waals surface area contributed by atoms with Crippen molar-refractivity contribution in [2.75, 3.05) is 45.8 Å². The number of hydrogen-bond acceptors (Lipinski definition) is 9. The molecule has 0 saturated carbocycles. The van der Waals surface area contributed by atoms with E-state index in [4.69, 9.17) is 17.2 Å². The largest absolute Gasteiger partial charge is 0.356 e. The van der Waals surface area contributed by atoms with Gasteiger partial charge in [-0.1, -0.05) is 83.1 Å². The summed E-state index contributed by atoms with van der Waals surface area (Å²) in [7, 11) is 0. The first-order valence-corrected chi connectivity index (χ1v) is 19.1. The molecule has 0 bridgehead atoms. The van der Waals surface area contributed by atoms with E-state index < -0.39 is 5.54 Å². The van der Waals surface area contributed by atoms with E-state index in [2.05, 4.69) is 99.0 Å². The number of nitrogens with zero attached hydrogens (tertiary/aromatic N) is 1. The second kappa shape index (κ2) is 20.3. The molecule has 0 fully saturated rings. The average Bonchev–Trinajstić information content (AvgIpc) is 3.01. The molecule has 0 aromatic carbocycles. The van der Waals surface area contributed by atoms with Gasteiger partial charge in [-0.3, -0.25) is 24.5 Å². The maximum absolute atomic E-state index is 13.1. The molecule has 0 spiro atoms. The lowest BCUT2D eigenvalue weighted by atomic mass is 9.72. The second-order valence-electron chi connectivity index (χ2n) is 19.8. The number of carbonyl (C=O) groups excluding carboxylic acids is 3. The lowest BCUT2D eigenvalue weighted by Crippen LogP contribution is -2.44. The molecule has 2 unspecified atom stereocenters. The first kappa shape index (κ1) is 48.9. The molecule has 0 aliphatic rings. The van der Waals surface area contributed by atoms with Gasteiger partial charge in [0.15, 0.2) is 0 Å². The fourth-order valence-electron chi connectivity index (χ4n) is 7.61. The van der Waals surface area contributed by atoms with Crippen molar-refractivity contribution in [3.8, 4) is 0 Å². The van der Waals surface area contributed by atoms with Crippen molar-refractivity contribution in [2.24, 2.45) is 49.7 Å². The zero-order chi connectivity index (χ0) is 40.0. The van der Waals surface area contributed by atoms with Gasteiger partial charge < -0.3 is 33.2 Å². The molecule has 0 aromatic heterocycles. The summed E-state index contributed by atoms with van der Waals surface area (Å²) in [5.41, 5.74) is 15.5. The highest BCUT2D eigenvalue weighted by Gasteiger charge is 2.43. The minimum absolute atomic E-state index is 0.0329. The van der Waals surface area contributed by atoms with E-state index in [9.17, 15) is 24.5 Å². The lowest BCUT2D eigenvalue weighted by Gasteiger charge is -2.36. The molecule has 2 amide bonds.